The van der Waals surface area contributed by atoms with E-state index >= 15 is 0 Å². The van der Waals surface area contributed by atoms with Crippen LogP contribution in [0, 0.1) is 10.1 Å². The second-order valence-corrected chi connectivity index (χ2v) is 5.94. The number of fused-ring (bicyclic) bond motifs is 1. The summed E-state index contributed by atoms with van der Waals surface area (Å²) in [6, 6.07) is 7.43. The van der Waals surface area contributed by atoms with Crippen molar-refractivity contribution >= 4 is 34.4 Å². The molecule has 10 heteroatoms. The number of carbonyl (C=O) groups is 1. The van der Waals surface area contributed by atoms with Crippen LogP contribution >= 0.6 is 0 Å². The number of aromatic nitrogens is 3. The van der Waals surface area contributed by atoms with E-state index in [9.17, 15) is 24.5 Å². The van der Waals surface area contributed by atoms with Crippen LogP contribution in [-0.2, 0) is 18.9 Å². The predicted octanol–water partition coefficient (Wildman–Crippen LogP) is 1.19. The van der Waals surface area contributed by atoms with Crippen LogP contribution < -0.4 is 16.6 Å². The molecular formula is C18H15N5O5. The zero-order chi connectivity index (χ0) is 20.4. The molecule has 0 bridgehead atoms. The number of nitro groups is 1. The van der Waals surface area contributed by atoms with Crippen molar-refractivity contribution in [3.05, 3.63) is 79.1 Å². The first-order valence-corrected chi connectivity index (χ1v) is 8.08. The molecule has 0 radical (unpaired) electrons. The van der Waals surface area contributed by atoms with Gasteiger partial charge in [-0.1, -0.05) is 12.1 Å². The summed E-state index contributed by atoms with van der Waals surface area (Å²) in [7, 11) is 2.84. The fourth-order valence-corrected chi connectivity index (χ4v) is 2.68. The maximum atomic E-state index is 12.3. The van der Waals surface area contributed by atoms with Crippen LogP contribution in [0.1, 0.15) is 5.56 Å². The number of nitrogens with zero attached hydrogens (tertiary/aromatic N) is 4. The molecule has 0 saturated carbocycles. The molecule has 1 aromatic carbocycles. The lowest BCUT2D eigenvalue weighted by molar-refractivity contribution is -0.385. The summed E-state index contributed by atoms with van der Waals surface area (Å²) in [6.45, 7) is 0. The van der Waals surface area contributed by atoms with E-state index in [1.54, 1.807) is 6.07 Å². The number of nitrogens with one attached hydrogen (secondary N) is 1. The first-order valence-electron chi connectivity index (χ1n) is 8.08. The van der Waals surface area contributed by atoms with Crippen LogP contribution in [0.4, 0.5) is 11.4 Å². The molecule has 0 aliphatic heterocycles. The molecule has 0 saturated heterocycles. The van der Waals surface area contributed by atoms with Crippen LogP contribution in [0.3, 0.4) is 0 Å². The Balaban J connectivity index is 1.89. The van der Waals surface area contributed by atoms with Gasteiger partial charge in [0.15, 0.2) is 0 Å². The van der Waals surface area contributed by atoms with E-state index in [0.717, 1.165) is 10.6 Å². The number of amides is 1. The van der Waals surface area contributed by atoms with Gasteiger partial charge in [-0.05, 0) is 18.2 Å². The van der Waals surface area contributed by atoms with Crippen LogP contribution in [0.5, 0.6) is 0 Å². The van der Waals surface area contributed by atoms with Crippen molar-refractivity contribution in [1.82, 2.24) is 14.1 Å². The normalized spacial score (nSPS) is 11.1. The van der Waals surface area contributed by atoms with Crippen molar-refractivity contribution < 1.29 is 9.72 Å². The minimum atomic E-state index is -0.555. The molecule has 142 valence electrons. The zero-order valence-electron chi connectivity index (χ0n) is 14.9. The number of hydrogen-bond acceptors (Lipinski definition) is 6. The molecule has 2 heterocycles. The van der Waals surface area contributed by atoms with Crippen molar-refractivity contribution in [2.45, 2.75) is 0 Å². The largest absolute Gasteiger partial charge is 0.332 e. The third kappa shape index (κ3) is 3.43. The monoisotopic (exact) mass is 381 g/mol. The molecule has 1 amide bonds. The Morgan fingerprint density at radius 2 is 1.93 bits per heavy atom. The highest BCUT2D eigenvalue weighted by Gasteiger charge is 2.12. The molecule has 2 aromatic heterocycles. The first kappa shape index (κ1) is 18.7. The van der Waals surface area contributed by atoms with Crippen molar-refractivity contribution in [2.75, 3.05) is 5.32 Å². The van der Waals surface area contributed by atoms with Crippen LogP contribution in [0.25, 0.3) is 17.1 Å². The van der Waals surface area contributed by atoms with Gasteiger partial charge in [-0.15, -0.1) is 0 Å². The molecular weight excluding hydrogens is 366 g/mol. The van der Waals surface area contributed by atoms with Crippen LogP contribution in [0.2, 0.25) is 0 Å². The van der Waals surface area contributed by atoms with Gasteiger partial charge in [0.25, 0.3) is 11.2 Å². The third-order valence-corrected chi connectivity index (χ3v) is 4.11. The molecule has 0 atom stereocenters. The number of aryl methyl sites for hydroxylation is 1. The average molecular weight is 381 g/mol. The molecule has 0 aliphatic rings. The minimum absolute atomic E-state index is 0.122. The van der Waals surface area contributed by atoms with Gasteiger partial charge < -0.3 is 5.32 Å². The molecule has 1 N–H and O–H groups in total. The number of nitro benzene ring substituents is 1. The lowest BCUT2D eigenvalue weighted by Crippen LogP contribution is -2.37. The fourth-order valence-electron chi connectivity index (χ4n) is 2.68. The van der Waals surface area contributed by atoms with Gasteiger partial charge in [0.1, 0.15) is 5.65 Å². The summed E-state index contributed by atoms with van der Waals surface area (Å²) in [4.78, 5) is 50.9. The van der Waals surface area contributed by atoms with Gasteiger partial charge in [0.05, 0.1) is 27.8 Å². The maximum Gasteiger partial charge on any atom is 0.332 e. The fraction of sp³-hybridized carbons (Fsp3) is 0.111. The van der Waals surface area contributed by atoms with Gasteiger partial charge in [-0.25, -0.2) is 9.78 Å². The summed E-state index contributed by atoms with van der Waals surface area (Å²) in [5, 5.41) is 13.7. The topological polar surface area (TPSA) is 129 Å². The predicted molar refractivity (Wildman–Crippen MR) is 103 cm³/mol. The quantitative estimate of drug-likeness (QED) is 0.411. The van der Waals surface area contributed by atoms with E-state index in [-0.39, 0.29) is 28.0 Å². The summed E-state index contributed by atoms with van der Waals surface area (Å²) >= 11 is 0. The number of anilines is 1. The van der Waals surface area contributed by atoms with Crippen molar-refractivity contribution in [3.8, 4) is 0 Å². The first-order chi connectivity index (χ1) is 13.3. The minimum Gasteiger partial charge on any atom is -0.321 e. The van der Waals surface area contributed by atoms with E-state index in [2.05, 4.69) is 10.3 Å². The SMILES string of the molecule is Cn1c(=O)c2cc(NC(=O)/C=C/c3ccccc3[N+](=O)[O-])cnc2n(C)c1=O. The van der Waals surface area contributed by atoms with Gasteiger partial charge >= 0.3 is 5.69 Å². The summed E-state index contributed by atoms with van der Waals surface area (Å²) in [6.07, 6.45) is 3.79. The lowest BCUT2D eigenvalue weighted by atomic mass is 10.1. The second kappa shape index (κ2) is 7.27. The van der Waals surface area contributed by atoms with Gasteiger partial charge in [0, 0.05) is 26.2 Å². The molecule has 0 spiro atoms. The molecule has 3 rings (SSSR count). The molecule has 0 fully saturated rings. The average Bonchev–Trinajstić information content (AvgIpc) is 2.69. The highest BCUT2D eigenvalue weighted by atomic mass is 16.6. The Kier molecular flexibility index (Phi) is 4.86. The number of rotatable bonds is 4. The van der Waals surface area contributed by atoms with E-state index in [0.29, 0.717) is 0 Å². The molecule has 3 aromatic rings. The Morgan fingerprint density at radius 1 is 1.21 bits per heavy atom. The number of benzene rings is 1. The Hall–Kier alpha value is -4.08. The Bertz CT molecular complexity index is 1260. The number of carbonyl (C=O) groups excluding carboxylic acids is 1. The Morgan fingerprint density at radius 3 is 2.64 bits per heavy atom. The van der Waals surface area contributed by atoms with Crippen molar-refractivity contribution in [1.29, 1.82) is 0 Å². The highest BCUT2D eigenvalue weighted by Crippen LogP contribution is 2.19. The molecule has 0 aliphatic carbocycles. The smallest absolute Gasteiger partial charge is 0.321 e. The van der Waals surface area contributed by atoms with Crippen LogP contribution in [0.15, 0.2) is 52.2 Å². The second-order valence-electron chi connectivity index (χ2n) is 5.94. The number of hydrogen-bond donors (Lipinski definition) is 1. The molecule has 0 unspecified atom stereocenters. The number of para-hydroxylation sites is 1. The van der Waals surface area contributed by atoms with E-state index in [4.69, 9.17) is 0 Å². The Labute approximate surface area is 157 Å². The van der Waals surface area contributed by atoms with Crippen molar-refractivity contribution in [2.24, 2.45) is 14.1 Å². The van der Waals surface area contributed by atoms with Gasteiger partial charge in [-0.3, -0.25) is 28.8 Å². The molecule has 10 nitrogen and oxygen atoms in total. The van der Waals surface area contributed by atoms with Gasteiger partial charge in [0.2, 0.25) is 5.91 Å². The summed E-state index contributed by atoms with van der Waals surface area (Å²) in [5.74, 6) is -0.555. The summed E-state index contributed by atoms with van der Waals surface area (Å²) in [5.41, 5.74) is -0.431. The lowest BCUT2D eigenvalue weighted by Gasteiger charge is -2.08. The van der Waals surface area contributed by atoms with Gasteiger partial charge in [-0.2, -0.15) is 0 Å². The third-order valence-electron chi connectivity index (χ3n) is 4.11. The van der Waals surface area contributed by atoms with E-state index < -0.39 is 22.1 Å². The zero-order valence-corrected chi connectivity index (χ0v) is 14.9. The standard InChI is InChI=1S/C18H15N5O5/c1-21-16-13(17(25)22(2)18(21)26)9-12(10-19-16)20-15(24)8-7-11-5-3-4-6-14(11)23(27)28/h3-10H,1-2H3,(H,20,24)/b8-7+. The van der Waals surface area contributed by atoms with E-state index in [1.807, 2.05) is 0 Å². The highest BCUT2D eigenvalue weighted by molar-refractivity contribution is 6.02. The summed E-state index contributed by atoms with van der Waals surface area (Å²) < 4.78 is 2.18. The molecule has 28 heavy (non-hydrogen) atoms. The van der Waals surface area contributed by atoms with Crippen molar-refractivity contribution in [3.63, 3.8) is 0 Å². The maximum absolute atomic E-state index is 12.3. The van der Waals surface area contributed by atoms with Crippen LogP contribution in [-0.4, -0.2) is 24.9 Å². The number of pyridine rings is 1. The van der Waals surface area contributed by atoms with E-state index in [1.165, 1.54) is 55.2 Å².